The zero-order valence-electron chi connectivity index (χ0n) is 20.1. The number of hydrogen-bond donors (Lipinski definition) is 3. The van der Waals surface area contributed by atoms with Crippen LogP contribution in [-0.2, 0) is 4.79 Å². The first-order valence-corrected chi connectivity index (χ1v) is 11.4. The Morgan fingerprint density at radius 1 is 1.09 bits per heavy atom. The van der Waals surface area contributed by atoms with E-state index in [4.69, 9.17) is 14.3 Å². The van der Waals surface area contributed by atoms with Crippen LogP contribution in [0.15, 0.2) is 59.0 Å². The second-order valence-electron chi connectivity index (χ2n) is 8.63. The maximum absolute atomic E-state index is 12.2. The fraction of sp³-hybridized carbons (Fsp3) is 0.333. The van der Waals surface area contributed by atoms with Crippen LogP contribution in [0.2, 0.25) is 0 Å². The van der Waals surface area contributed by atoms with E-state index in [9.17, 15) is 9.59 Å². The van der Waals surface area contributed by atoms with Gasteiger partial charge in [0, 0.05) is 23.4 Å². The van der Waals surface area contributed by atoms with Crippen LogP contribution in [0.1, 0.15) is 54.4 Å². The van der Waals surface area contributed by atoms with Crippen LogP contribution >= 0.6 is 0 Å². The van der Waals surface area contributed by atoms with E-state index in [2.05, 4.69) is 30.5 Å². The third-order valence-electron chi connectivity index (χ3n) is 5.52. The smallest absolute Gasteiger partial charge is 0.305 e. The average Bonchev–Trinajstić information content (AvgIpc) is 3.19. The summed E-state index contributed by atoms with van der Waals surface area (Å²) in [5.74, 6) is 1.56. The molecule has 3 N–H and O–H groups in total. The molecule has 1 amide bonds. The molecule has 0 saturated carbocycles. The molecule has 0 bridgehead atoms. The lowest BCUT2D eigenvalue weighted by Gasteiger charge is -2.21. The molecule has 2 aromatic carbocycles. The lowest BCUT2D eigenvalue weighted by atomic mass is 9.96. The van der Waals surface area contributed by atoms with Gasteiger partial charge in [-0.2, -0.15) is 0 Å². The van der Waals surface area contributed by atoms with Crippen molar-refractivity contribution >= 4 is 17.6 Å². The Bertz CT molecular complexity index is 1120. The van der Waals surface area contributed by atoms with Gasteiger partial charge in [0.1, 0.15) is 17.3 Å². The van der Waals surface area contributed by atoms with Gasteiger partial charge in [0.05, 0.1) is 25.1 Å². The van der Waals surface area contributed by atoms with Crippen molar-refractivity contribution in [2.45, 2.75) is 39.7 Å². The van der Waals surface area contributed by atoms with Gasteiger partial charge in [-0.3, -0.25) is 9.59 Å². The highest BCUT2D eigenvalue weighted by Gasteiger charge is 2.21. The average molecular weight is 465 g/mol. The third kappa shape index (κ3) is 6.41. The van der Waals surface area contributed by atoms with E-state index in [0.717, 1.165) is 40.5 Å². The molecule has 0 radical (unpaired) electrons. The Morgan fingerprint density at radius 2 is 1.79 bits per heavy atom. The summed E-state index contributed by atoms with van der Waals surface area (Å²) in [6, 6.07) is 17.0. The summed E-state index contributed by atoms with van der Waals surface area (Å²) in [5, 5.41) is 14.9. The Morgan fingerprint density at radius 3 is 2.44 bits per heavy atom. The van der Waals surface area contributed by atoms with Crippen LogP contribution in [0, 0.1) is 12.8 Å². The SMILES string of the molecule is COc1ccccc1-c1cc(C(CC(C)C)Nc2ccc(C(=O)NCCC(=O)O)cc2)c(C)o1. The second kappa shape index (κ2) is 11.4. The zero-order valence-corrected chi connectivity index (χ0v) is 20.1. The Balaban J connectivity index is 1.79. The molecule has 180 valence electrons. The minimum absolute atomic E-state index is 0.0162. The van der Waals surface area contributed by atoms with Crippen molar-refractivity contribution in [3.05, 3.63) is 71.5 Å². The summed E-state index contributed by atoms with van der Waals surface area (Å²) in [5.41, 5.74) is 3.34. The standard InChI is InChI=1S/C27H32N2O5/c1-17(2)15-23(22-16-25(34-18(22)3)21-7-5-6-8-24(21)33-4)29-20-11-9-19(10-12-20)27(32)28-14-13-26(30)31/h5-12,16-17,23,29H,13-15H2,1-4H3,(H,28,32)(H,30,31). The van der Waals surface area contributed by atoms with Crippen molar-refractivity contribution in [2.24, 2.45) is 5.92 Å². The van der Waals surface area contributed by atoms with Crippen LogP contribution < -0.4 is 15.4 Å². The van der Waals surface area contributed by atoms with Crippen LogP contribution in [0.5, 0.6) is 5.75 Å². The quantitative estimate of drug-likeness (QED) is 0.338. The number of furan rings is 1. The number of rotatable bonds is 11. The third-order valence-corrected chi connectivity index (χ3v) is 5.52. The molecule has 0 aliphatic heterocycles. The second-order valence-corrected chi connectivity index (χ2v) is 8.63. The molecule has 0 saturated heterocycles. The summed E-state index contributed by atoms with van der Waals surface area (Å²) in [7, 11) is 1.65. The first-order valence-electron chi connectivity index (χ1n) is 11.4. The maximum atomic E-state index is 12.2. The number of carbonyl (C=O) groups is 2. The van der Waals surface area contributed by atoms with Gasteiger partial charge in [0.15, 0.2) is 0 Å². The molecule has 7 heteroatoms. The highest BCUT2D eigenvalue weighted by atomic mass is 16.5. The molecule has 3 rings (SSSR count). The van der Waals surface area contributed by atoms with E-state index < -0.39 is 5.97 Å². The number of aryl methyl sites for hydroxylation is 1. The molecular formula is C27H32N2O5. The largest absolute Gasteiger partial charge is 0.496 e. The van der Waals surface area contributed by atoms with Gasteiger partial charge in [0.25, 0.3) is 5.91 Å². The molecule has 0 aliphatic carbocycles. The van der Waals surface area contributed by atoms with Gasteiger partial charge >= 0.3 is 5.97 Å². The number of carbonyl (C=O) groups excluding carboxylic acids is 1. The number of carboxylic acids is 1. The Kier molecular flexibility index (Phi) is 8.35. The molecule has 34 heavy (non-hydrogen) atoms. The molecule has 1 atom stereocenters. The van der Waals surface area contributed by atoms with Gasteiger partial charge in [-0.05, 0) is 61.7 Å². The van der Waals surface area contributed by atoms with Gasteiger partial charge in [0.2, 0.25) is 0 Å². The molecule has 1 aromatic heterocycles. The summed E-state index contributed by atoms with van der Waals surface area (Å²) < 4.78 is 11.6. The number of amides is 1. The van der Waals surface area contributed by atoms with E-state index in [0.29, 0.717) is 11.5 Å². The van der Waals surface area contributed by atoms with Crippen LogP contribution in [0.3, 0.4) is 0 Å². The highest BCUT2D eigenvalue weighted by molar-refractivity contribution is 5.94. The zero-order chi connectivity index (χ0) is 24.7. The normalized spacial score (nSPS) is 11.8. The predicted molar refractivity (Wildman–Crippen MR) is 132 cm³/mol. The molecule has 0 fully saturated rings. The molecule has 0 spiro atoms. The van der Waals surface area contributed by atoms with E-state index in [-0.39, 0.29) is 24.9 Å². The Hall–Kier alpha value is -3.74. The number of para-hydroxylation sites is 1. The first-order chi connectivity index (χ1) is 16.3. The van der Waals surface area contributed by atoms with Crippen molar-refractivity contribution in [1.29, 1.82) is 0 Å². The number of aliphatic carboxylic acids is 1. The molecule has 7 nitrogen and oxygen atoms in total. The van der Waals surface area contributed by atoms with E-state index in [1.807, 2.05) is 43.3 Å². The number of hydrogen-bond acceptors (Lipinski definition) is 5. The molecule has 3 aromatic rings. The number of nitrogens with one attached hydrogen (secondary N) is 2. The van der Waals surface area contributed by atoms with Gasteiger partial charge in [-0.15, -0.1) is 0 Å². The fourth-order valence-electron chi connectivity index (χ4n) is 3.86. The van der Waals surface area contributed by atoms with E-state index >= 15 is 0 Å². The number of ether oxygens (including phenoxy) is 1. The van der Waals surface area contributed by atoms with E-state index in [1.165, 1.54) is 0 Å². The summed E-state index contributed by atoms with van der Waals surface area (Å²) >= 11 is 0. The monoisotopic (exact) mass is 464 g/mol. The van der Waals surface area contributed by atoms with E-state index in [1.54, 1.807) is 19.2 Å². The minimum atomic E-state index is -0.945. The number of anilines is 1. The van der Waals surface area contributed by atoms with Gasteiger partial charge < -0.3 is 24.9 Å². The van der Waals surface area contributed by atoms with Crippen molar-refractivity contribution in [2.75, 3.05) is 19.0 Å². The Labute approximate surface area is 200 Å². The molecular weight excluding hydrogens is 432 g/mol. The number of carboxylic acid groups (broad SMARTS) is 1. The first kappa shape index (κ1) is 24.9. The topological polar surface area (TPSA) is 101 Å². The van der Waals surface area contributed by atoms with Gasteiger partial charge in [-0.1, -0.05) is 26.0 Å². The summed E-state index contributed by atoms with van der Waals surface area (Å²) in [6.45, 7) is 6.42. The molecule has 0 aliphatic rings. The minimum Gasteiger partial charge on any atom is -0.496 e. The molecule has 1 heterocycles. The van der Waals surface area contributed by atoms with Gasteiger partial charge in [-0.25, -0.2) is 0 Å². The molecule has 1 unspecified atom stereocenters. The van der Waals surface area contributed by atoms with Crippen molar-refractivity contribution in [1.82, 2.24) is 5.32 Å². The summed E-state index contributed by atoms with van der Waals surface area (Å²) in [6.07, 6.45) is 0.784. The number of benzene rings is 2. The number of methoxy groups -OCH3 is 1. The van der Waals surface area contributed by atoms with Crippen LogP contribution in [-0.4, -0.2) is 30.6 Å². The maximum Gasteiger partial charge on any atom is 0.305 e. The van der Waals surface area contributed by atoms with Crippen molar-refractivity contribution < 1.29 is 23.8 Å². The fourth-order valence-corrected chi connectivity index (χ4v) is 3.86. The summed E-state index contributed by atoms with van der Waals surface area (Å²) in [4.78, 5) is 22.8. The van der Waals surface area contributed by atoms with Crippen LogP contribution in [0.25, 0.3) is 11.3 Å². The predicted octanol–water partition coefficient (Wildman–Crippen LogP) is 5.67. The lowest BCUT2D eigenvalue weighted by molar-refractivity contribution is -0.136. The van der Waals surface area contributed by atoms with Crippen molar-refractivity contribution in [3.8, 4) is 17.1 Å². The lowest BCUT2D eigenvalue weighted by Crippen LogP contribution is -2.25. The van der Waals surface area contributed by atoms with Crippen molar-refractivity contribution in [3.63, 3.8) is 0 Å². The highest BCUT2D eigenvalue weighted by Crippen LogP contribution is 2.37. The van der Waals surface area contributed by atoms with Crippen LogP contribution in [0.4, 0.5) is 5.69 Å².